The third-order valence-electron chi connectivity index (χ3n) is 6.11. The number of halogens is 1. The smallest absolute Gasteiger partial charge is 0.289 e. The highest BCUT2D eigenvalue weighted by Gasteiger charge is 2.37. The van der Waals surface area contributed by atoms with E-state index in [1.54, 1.807) is 21.9 Å². The van der Waals surface area contributed by atoms with Gasteiger partial charge in [0, 0.05) is 31.7 Å². The van der Waals surface area contributed by atoms with E-state index in [1.807, 2.05) is 0 Å². The average Bonchev–Trinajstić information content (AvgIpc) is 3.52. The van der Waals surface area contributed by atoms with Crippen molar-refractivity contribution in [3.63, 3.8) is 0 Å². The van der Waals surface area contributed by atoms with Crippen molar-refractivity contribution in [2.45, 2.75) is 31.7 Å². The summed E-state index contributed by atoms with van der Waals surface area (Å²) < 4.78 is 18.4. The molecule has 7 nitrogen and oxygen atoms in total. The lowest BCUT2D eigenvalue weighted by Crippen LogP contribution is -2.54. The van der Waals surface area contributed by atoms with E-state index in [4.69, 9.17) is 4.42 Å². The van der Waals surface area contributed by atoms with E-state index in [2.05, 4.69) is 5.32 Å². The molecule has 1 aromatic carbocycles. The molecule has 0 aliphatic carbocycles. The highest BCUT2D eigenvalue weighted by Crippen LogP contribution is 2.25. The first-order valence-electron chi connectivity index (χ1n) is 10.7. The van der Waals surface area contributed by atoms with Gasteiger partial charge in [-0.3, -0.25) is 14.4 Å². The van der Waals surface area contributed by atoms with Gasteiger partial charge in [-0.15, -0.1) is 0 Å². The van der Waals surface area contributed by atoms with Crippen LogP contribution in [0.15, 0.2) is 47.1 Å². The molecule has 2 aliphatic heterocycles. The number of carbonyl (C=O) groups excluding carboxylic acids is 3. The molecule has 3 heterocycles. The number of hydrogen-bond donors (Lipinski definition) is 1. The van der Waals surface area contributed by atoms with Crippen molar-refractivity contribution >= 4 is 17.7 Å². The Morgan fingerprint density at radius 3 is 2.26 bits per heavy atom. The van der Waals surface area contributed by atoms with Crippen LogP contribution >= 0.6 is 0 Å². The van der Waals surface area contributed by atoms with Crippen LogP contribution in [0.2, 0.25) is 0 Å². The Bertz CT molecular complexity index is 915. The number of furan rings is 1. The third-order valence-corrected chi connectivity index (χ3v) is 6.11. The average molecular weight is 427 g/mol. The Balaban J connectivity index is 1.45. The highest BCUT2D eigenvalue weighted by molar-refractivity contribution is 5.97. The summed E-state index contributed by atoms with van der Waals surface area (Å²) in [5, 5.41) is 2.90. The Morgan fingerprint density at radius 1 is 0.968 bits per heavy atom. The predicted octanol–water partition coefficient (Wildman–Crippen LogP) is 2.69. The van der Waals surface area contributed by atoms with Crippen molar-refractivity contribution in [2.75, 3.05) is 26.2 Å². The van der Waals surface area contributed by atoms with Crippen LogP contribution in [0.1, 0.15) is 46.6 Å². The van der Waals surface area contributed by atoms with E-state index in [0.717, 1.165) is 12.8 Å². The van der Waals surface area contributed by atoms with Crippen LogP contribution in [0, 0.1) is 11.7 Å². The van der Waals surface area contributed by atoms with E-state index in [9.17, 15) is 18.8 Å². The maximum atomic E-state index is 13.2. The Hall–Kier alpha value is -3.16. The van der Waals surface area contributed by atoms with Gasteiger partial charge in [0.2, 0.25) is 5.91 Å². The van der Waals surface area contributed by atoms with Crippen molar-refractivity contribution < 1.29 is 23.2 Å². The van der Waals surface area contributed by atoms with Gasteiger partial charge in [-0.2, -0.15) is 0 Å². The number of nitrogens with one attached hydrogen (secondary N) is 1. The van der Waals surface area contributed by atoms with E-state index in [1.165, 1.54) is 30.5 Å². The van der Waals surface area contributed by atoms with Gasteiger partial charge in [0.05, 0.1) is 6.26 Å². The van der Waals surface area contributed by atoms with Crippen molar-refractivity contribution in [1.29, 1.82) is 0 Å². The molecular formula is C23H26FN3O4. The standard InChI is InChI=1S/C23H26FN3O4/c24-18-7-5-17(6-8-18)21(28)25-20(23(30)26-11-1-2-12-26)16-9-13-27(14-10-16)22(29)19-4-3-15-31-19/h3-8,15-16,20H,1-2,9-14H2,(H,25,28)/t20-/m0/s1. The normalized spacial score (nSPS) is 18.1. The minimum atomic E-state index is -0.670. The molecule has 0 spiro atoms. The number of carbonyl (C=O) groups is 3. The molecule has 0 saturated carbocycles. The maximum Gasteiger partial charge on any atom is 0.289 e. The molecule has 0 unspecified atom stereocenters. The van der Waals surface area contributed by atoms with Gasteiger partial charge in [-0.25, -0.2) is 4.39 Å². The van der Waals surface area contributed by atoms with E-state index in [0.29, 0.717) is 50.3 Å². The molecule has 2 aliphatic rings. The number of amides is 3. The Kier molecular flexibility index (Phi) is 6.34. The molecule has 31 heavy (non-hydrogen) atoms. The summed E-state index contributed by atoms with van der Waals surface area (Å²) in [6.45, 7) is 2.36. The van der Waals surface area contributed by atoms with Gasteiger partial charge in [0.15, 0.2) is 5.76 Å². The van der Waals surface area contributed by atoms with Crippen LogP contribution in [0.3, 0.4) is 0 Å². The summed E-state index contributed by atoms with van der Waals surface area (Å²) in [7, 11) is 0. The minimum Gasteiger partial charge on any atom is -0.459 e. The summed E-state index contributed by atoms with van der Waals surface area (Å²) in [6, 6.07) is 7.92. The molecule has 0 bridgehead atoms. The molecule has 8 heteroatoms. The lowest BCUT2D eigenvalue weighted by atomic mass is 9.88. The van der Waals surface area contributed by atoms with Crippen molar-refractivity contribution in [3.05, 3.63) is 59.8 Å². The molecule has 1 aromatic heterocycles. The molecule has 4 rings (SSSR count). The lowest BCUT2D eigenvalue weighted by Gasteiger charge is -2.36. The molecule has 2 fully saturated rings. The summed E-state index contributed by atoms with van der Waals surface area (Å²) in [5.41, 5.74) is 0.311. The van der Waals surface area contributed by atoms with Crippen LogP contribution in [0.5, 0.6) is 0 Å². The van der Waals surface area contributed by atoms with Gasteiger partial charge < -0.3 is 19.5 Å². The van der Waals surface area contributed by atoms with Gasteiger partial charge >= 0.3 is 0 Å². The van der Waals surface area contributed by atoms with Gasteiger partial charge in [0.25, 0.3) is 11.8 Å². The maximum absolute atomic E-state index is 13.2. The first-order valence-corrected chi connectivity index (χ1v) is 10.7. The summed E-state index contributed by atoms with van der Waals surface area (Å²) in [5.74, 6) is -0.850. The Labute approximate surface area is 180 Å². The van der Waals surface area contributed by atoms with E-state index < -0.39 is 17.8 Å². The van der Waals surface area contributed by atoms with E-state index in [-0.39, 0.29) is 17.7 Å². The second-order valence-electron chi connectivity index (χ2n) is 8.10. The topological polar surface area (TPSA) is 82.9 Å². The van der Waals surface area contributed by atoms with Crippen LogP contribution in [-0.2, 0) is 4.79 Å². The molecule has 0 radical (unpaired) electrons. The highest BCUT2D eigenvalue weighted by atomic mass is 19.1. The van der Waals surface area contributed by atoms with Crippen molar-refractivity contribution in [1.82, 2.24) is 15.1 Å². The molecule has 2 saturated heterocycles. The Morgan fingerprint density at radius 2 is 1.65 bits per heavy atom. The van der Waals surface area contributed by atoms with E-state index >= 15 is 0 Å². The van der Waals surface area contributed by atoms with Crippen molar-refractivity contribution in [2.24, 2.45) is 5.92 Å². The first kappa shape index (κ1) is 21.1. The summed E-state index contributed by atoms with van der Waals surface area (Å²) in [6.07, 6.45) is 4.58. The SMILES string of the molecule is O=C(N[C@H](C(=O)N1CCCC1)C1CCN(C(=O)c2ccco2)CC1)c1ccc(F)cc1. The zero-order chi connectivity index (χ0) is 21.8. The summed E-state index contributed by atoms with van der Waals surface area (Å²) >= 11 is 0. The zero-order valence-electron chi connectivity index (χ0n) is 17.3. The van der Waals surface area contributed by atoms with Gasteiger partial charge in [-0.05, 0) is 68.0 Å². The van der Waals surface area contributed by atoms with Crippen LogP contribution in [0.25, 0.3) is 0 Å². The molecule has 2 aromatic rings. The minimum absolute atomic E-state index is 0.0798. The van der Waals surface area contributed by atoms with Gasteiger partial charge in [-0.1, -0.05) is 0 Å². The fourth-order valence-electron chi connectivity index (χ4n) is 4.33. The van der Waals surface area contributed by atoms with Crippen LogP contribution in [-0.4, -0.2) is 59.7 Å². The molecule has 1 atom stereocenters. The number of benzene rings is 1. The monoisotopic (exact) mass is 427 g/mol. The second kappa shape index (κ2) is 9.32. The predicted molar refractivity (Wildman–Crippen MR) is 111 cm³/mol. The van der Waals surface area contributed by atoms with Gasteiger partial charge in [0.1, 0.15) is 11.9 Å². The molecule has 1 N–H and O–H groups in total. The van der Waals surface area contributed by atoms with Crippen LogP contribution in [0.4, 0.5) is 4.39 Å². The molecule has 164 valence electrons. The number of piperidine rings is 1. The third kappa shape index (κ3) is 4.78. The lowest BCUT2D eigenvalue weighted by molar-refractivity contribution is -0.134. The number of hydrogen-bond acceptors (Lipinski definition) is 4. The largest absolute Gasteiger partial charge is 0.459 e. The first-order chi connectivity index (χ1) is 15.0. The second-order valence-corrected chi connectivity index (χ2v) is 8.10. The number of likely N-dealkylation sites (tertiary alicyclic amines) is 2. The van der Waals surface area contributed by atoms with Crippen molar-refractivity contribution in [3.8, 4) is 0 Å². The zero-order valence-corrected chi connectivity index (χ0v) is 17.3. The number of nitrogens with zero attached hydrogens (tertiary/aromatic N) is 2. The quantitative estimate of drug-likeness (QED) is 0.795. The number of rotatable bonds is 5. The fourth-order valence-corrected chi connectivity index (χ4v) is 4.33. The molecule has 3 amide bonds. The summed E-state index contributed by atoms with van der Waals surface area (Å²) in [4.78, 5) is 42.0. The molecular weight excluding hydrogens is 401 g/mol. The fraction of sp³-hybridized carbons (Fsp3) is 0.435. The van der Waals surface area contributed by atoms with Crippen LogP contribution < -0.4 is 5.32 Å².